The molecule has 3 heteroatoms. The fraction of sp³-hybridized carbons (Fsp3) is 0.357. The second-order valence-electron chi connectivity index (χ2n) is 4.06. The number of ether oxygens (including phenoxy) is 1. The van der Waals surface area contributed by atoms with Gasteiger partial charge in [0.25, 0.3) is 0 Å². The molecular formula is C14H13ClFO. The SMILES string of the molecule is C[CH]C#C[C@H]1C[C@@H](Oc2ccc(F)cc2Cl)C1. The monoisotopic (exact) mass is 251 g/mol. The number of benzene rings is 1. The van der Waals surface area contributed by atoms with Crippen LogP contribution in [0.5, 0.6) is 5.75 Å². The molecule has 0 aromatic heterocycles. The minimum Gasteiger partial charge on any atom is -0.489 e. The van der Waals surface area contributed by atoms with Crippen LogP contribution < -0.4 is 4.74 Å². The van der Waals surface area contributed by atoms with Crippen LogP contribution in [-0.4, -0.2) is 6.10 Å². The van der Waals surface area contributed by atoms with Crippen LogP contribution in [0.15, 0.2) is 18.2 Å². The maximum Gasteiger partial charge on any atom is 0.138 e. The third-order valence-corrected chi connectivity index (χ3v) is 3.01. The van der Waals surface area contributed by atoms with Gasteiger partial charge < -0.3 is 4.74 Å². The van der Waals surface area contributed by atoms with E-state index in [0.29, 0.717) is 16.7 Å². The predicted molar refractivity (Wildman–Crippen MR) is 66.3 cm³/mol. The van der Waals surface area contributed by atoms with Crippen molar-refractivity contribution in [3.05, 3.63) is 35.5 Å². The van der Waals surface area contributed by atoms with Gasteiger partial charge in [0.2, 0.25) is 0 Å². The number of halogens is 2. The Morgan fingerprint density at radius 2 is 2.24 bits per heavy atom. The van der Waals surface area contributed by atoms with Crippen LogP contribution in [0.3, 0.4) is 0 Å². The van der Waals surface area contributed by atoms with Gasteiger partial charge >= 0.3 is 0 Å². The van der Waals surface area contributed by atoms with E-state index < -0.39 is 0 Å². The fourth-order valence-corrected chi connectivity index (χ4v) is 1.94. The lowest BCUT2D eigenvalue weighted by atomic mass is 9.83. The van der Waals surface area contributed by atoms with Gasteiger partial charge in [0.15, 0.2) is 0 Å². The zero-order valence-corrected chi connectivity index (χ0v) is 10.3. The molecule has 0 N–H and O–H groups in total. The third kappa shape index (κ3) is 3.14. The second kappa shape index (κ2) is 5.42. The third-order valence-electron chi connectivity index (χ3n) is 2.71. The van der Waals surface area contributed by atoms with E-state index >= 15 is 0 Å². The summed E-state index contributed by atoms with van der Waals surface area (Å²) >= 11 is 5.88. The topological polar surface area (TPSA) is 9.23 Å². The number of rotatable bonds is 2. The molecule has 1 nitrogen and oxygen atoms in total. The molecule has 1 fully saturated rings. The highest BCUT2D eigenvalue weighted by Crippen LogP contribution is 2.34. The average molecular weight is 252 g/mol. The van der Waals surface area contributed by atoms with Gasteiger partial charge in [0.1, 0.15) is 17.7 Å². The highest BCUT2D eigenvalue weighted by molar-refractivity contribution is 6.32. The lowest BCUT2D eigenvalue weighted by molar-refractivity contribution is 0.0902. The average Bonchev–Trinajstić information content (AvgIpc) is 2.24. The summed E-state index contributed by atoms with van der Waals surface area (Å²) in [5.74, 6) is 6.69. The first kappa shape index (κ1) is 12.3. The molecule has 0 amide bonds. The molecule has 1 aliphatic carbocycles. The molecule has 0 unspecified atom stereocenters. The molecule has 1 aromatic rings. The van der Waals surface area contributed by atoms with Gasteiger partial charge in [-0.1, -0.05) is 30.4 Å². The Labute approximate surface area is 106 Å². The van der Waals surface area contributed by atoms with Crippen LogP contribution in [0.25, 0.3) is 0 Å². The van der Waals surface area contributed by atoms with E-state index in [1.807, 2.05) is 13.3 Å². The molecule has 1 saturated carbocycles. The first-order valence-corrected chi connectivity index (χ1v) is 5.97. The van der Waals surface area contributed by atoms with Crippen molar-refractivity contribution in [2.24, 2.45) is 5.92 Å². The smallest absolute Gasteiger partial charge is 0.138 e. The van der Waals surface area contributed by atoms with Crippen molar-refractivity contribution in [2.75, 3.05) is 0 Å². The van der Waals surface area contributed by atoms with E-state index in [2.05, 4.69) is 11.8 Å². The van der Waals surface area contributed by atoms with Crippen molar-refractivity contribution >= 4 is 11.6 Å². The fourth-order valence-electron chi connectivity index (χ4n) is 1.73. The van der Waals surface area contributed by atoms with Gasteiger partial charge in [0, 0.05) is 12.3 Å². The summed E-state index contributed by atoms with van der Waals surface area (Å²) in [6.07, 6.45) is 3.81. The zero-order chi connectivity index (χ0) is 12.3. The minimum atomic E-state index is -0.349. The summed E-state index contributed by atoms with van der Waals surface area (Å²) in [7, 11) is 0. The summed E-state index contributed by atoms with van der Waals surface area (Å²) in [4.78, 5) is 0. The Bertz CT molecular complexity index is 455. The Morgan fingerprint density at radius 3 is 2.88 bits per heavy atom. The van der Waals surface area contributed by atoms with Gasteiger partial charge in [-0.15, -0.1) is 0 Å². The molecule has 0 saturated heterocycles. The van der Waals surface area contributed by atoms with Gasteiger partial charge in [-0.05, 0) is 31.0 Å². The first-order chi connectivity index (χ1) is 8.19. The van der Waals surface area contributed by atoms with Gasteiger partial charge in [0.05, 0.1) is 5.02 Å². The van der Waals surface area contributed by atoms with E-state index in [9.17, 15) is 4.39 Å². The summed E-state index contributed by atoms with van der Waals surface area (Å²) in [5.41, 5.74) is 0. The molecule has 17 heavy (non-hydrogen) atoms. The first-order valence-electron chi connectivity index (χ1n) is 5.59. The van der Waals surface area contributed by atoms with E-state index in [1.165, 1.54) is 12.1 Å². The van der Waals surface area contributed by atoms with E-state index in [1.54, 1.807) is 6.07 Å². The molecule has 0 heterocycles. The summed E-state index contributed by atoms with van der Waals surface area (Å²) < 4.78 is 18.5. The van der Waals surface area contributed by atoms with Crippen molar-refractivity contribution in [1.29, 1.82) is 0 Å². The summed E-state index contributed by atoms with van der Waals surface area (Å²) in [6, 6.07) is 4.18. The summed E-state index contributed by atoms with van der Waals surface area (Å²) in [5, 5.41) is 0.321. The summed E-state index contributed by atoms with van der Waals surface area (Å²) in [6.45, 7) is 1.91. The molecule has 0 spiro atoms. The Kier molecular flexibility index (Phi) is 3.91. The maximum atomic E-state index is 12.8. The Hall–Kier alpha value is -1.20. The van der Waals surface area contributed by atoms with Gasteiger partial charge in [-0.3, -0.25) is 0 Å². The lowest BCUT2D eigenvalue weighted by Crippen LogP contribution is -2.33. The van der Waals surface area contributed by atoms with Crippen LogP contribution in [0.2, 0.25) is 5.02 Å². The second-order valence-corrected chi connectivity index (χ2v) is 4.47. The van der Waals surface area contributed by atoms with Gasteiger partial charge in [-0.2, -0.15) is 0 Å². The van der Waals surface area contributed by atoms with Crippen molar-refractivity contribution in [1.82, 2.24) is 0 Å². The lowest BCUT2D eigenvalue weighted by Gasteiger charge is -2.32. The molecule has 2 rings (SSSR count). The Balaban J connectivity index is 1.87. The number of hydrogen-bond acceptors (Lipinski definition) is 1. The highest BCUT2D eigenvalue weighted by atomic mass is 35.5. The normalized spacial score (nSPS) is 22.3. The van der Waals surface area contributed by atoms with E-state index in [4.69, 9.17) is 16.3 Å². The van der Waals surface area contributed by atoms with Gasteiger partial charge in [-0.25, -0.2) is 4.39 Å². The van der Waals surface area contributed by atoms with Crippen LogP contribution >= 0.6 is 11.6 Å². The van der Waals surface area contributed by atoms with Crippen LogP contribution in [-0.2, 0) is 0 Å². The molecule has 89 valence electrons. The van der Waals surface area contributed by atoms with Crippen molar-refractivity contribution in [3.63, 3.8) is 0 Å². The zero-order valence-electron chi connectivity index (χ0n) is 9.54. The number of hydrogen-bond donors (Lipinski definition) is 0. The quantitative estimate of drug-likeness (QED) is 0.725. The molecule has 1 radical (unpaired) electrons. The van der Waals surface area contributed by atoms with Crippen molar-refractivity contribution in [2.45, 2.75) is 25.9 Å². The van der Waals surface area contributed by atoms with Crippen LogP contribution in [0.1, 0.15) is 19.8 Å². The van der Waals surface area contributed by atoms with E-state index in [-0.39, 0.29) is 11.9 Å². The van der Waals surface area contributed by atoms with Crippen molar-refractivity contribution in [3.8, 4) is 17.6 Å². The largest absolute Gasteiger partial charge is 0.489 e. The minimum absolute atomic E-state index is 0.147. The molecule has 0 bridgehead atoms. The predicted octanol–water partition coefficient (Wildman–Crippen LogP) is 3.86. The van der Waals surface area contributed by atoms with Crippen LogP contribution in [0, 0.1) is 30.0 Å². The Morgan fingerprint density at radius 1 is 1.47 bits per heavy atom. The maximum absolute atomic E-state index is 12.8. The van der Waals surface area contributed by atoms with E-state index in [0.717, 1.165) is 12.8 Å². The van der Waals surface area contributed by atoms with Crippen molar-refractivity contribution < 1.29 is 9.13 Å². The molecule has 1 aliphatic rings. The van der Waals surface area contributed by atoms with Crippen LogP contribution in [0.4, 0.5) is 4.39 Å². The highest BCUT2D eigenvalue weighted by Gasteiger charge is 2.29. The molecule has 0 aliphatic heterocycles. The molecular weight excluding hydrogens is 239 g/mol. The molecule has 0 atom stereocenters. The molecule has 1 aromatic carbocycles. The standard InChI is InChI=1S/C14H13ClFO/c1-2-3-4-10-7-12(8-10)17-14-6-5-11(16)9-13(14)15/h2,5-6,9-10,12H,7-8H2,1H3/t10-,12+.